The van der Waals surface area contributed by atoms with Gasteiger partial charge in [0.05, 0.1) is 0 Å². The summed E-state index contributed by atoms with van der Waals surface area (Å²) in [6.07, 6.45) is -0.322. The Balaban J connectivity index is 1.46. The van der Waals surface area contributed by atoms with Crippen molar-refractivity contribution in [1.82, 2.24) is 0 Å². The number of ketones is 1. The van der Waals surface area contributed by atoms with E-state index in [1.807, 2.05) is 12.1 Å². The average Bonchev–Trinajstić information content (AvgIpc) is 3.14. The predicted octanol–water partition coefficient (Wildman–Crippen LogP) is 3.12. The quantitative estimate of drug-likeness (QED) is 0.584. The van der Waals surface area contributed by atoms with Crippen molar-refractivity contribution in [2.75, 3.05) is 12.1 Å². The Kier molecular flexibility index (Phi) is 5.93. The van der Waals surface area contributed by atoms with E-state index in [1.54, 1.807) is 30.3 Å². The standard InChI is InChI=1S/C21H21NO6/c1-13(23)16-5-7-17(8-6-16)22-21(25)14(2)28-20(24)10-4-15-3-9-18-19(11-15)27-12-26-18/h3,5-9,11,14H,4,10,12H2,1-2H3,(H,22,25). The highest BCUT2D eigenvalue weighted by Crippen LogP contribution is 2.32. The van der Waals surface area contributed by atoms with Gasteiger partial charge >= 0.3 is 5.97 Å². The maximum absolute atomic E-state index is 12.2. The minimum absolute atomic E-state index is 0.0531. The number of nitrogens with one attached hydrogen (secondary N) is 1. The first-order chi connectivity index (χ1) is 13.4. The third-order valence-corrected chi connectivity index (χ3v) is 4.29. The maximum atomic E-state index is 12.2. The van der Waals surface area contributed by atoms with Crippen LogP contribution in [0.1, 0.15) is 36.2 Å². The number of ether oxygens (including phenoxy) is 3. The molecule has 7 heteroatoms. The van der Waals surface area contributed by atoms with Crippen molar-refractivity contribution in [3.8, 4) is 11.5 Å². The fourth-order valence-corrected chi connectivity index (χ4v) is 2.68. The molecule has 1 heterocycles. The molecule has 0 saturated heterocycles. The number of rotatable bonds is 7. The lowest BCUT2D eigenvalue weighted by Gasteiger charge is -2.14. The Morgan fingerprint density at radius 1 is 1.07 bits per heavy atom. The van der Waals surface area contributed by atoms with Crippen LogP contribution in [-0.2, 0) is 20.7 Å². The zero-order valence-corrected chi connectivity index (χ0v) is 15.7. The molecule has 0 aromatic heterocycles. The first-order valence-electron chi connectivity index (χ1n) is 8.92. The van der Waals surface area contributed by atoms with Crippen molar-refractivity contribution in [2.24, 2.45) is 0 Å². The van der Waals surface area contributed by atoms with Gasteiger partial charge in [-0.2, -0.15) is 0 Å². The van der Waals surface area contributed by atoms with Crippen molar-refractivity contribution in [3.63, 3.8) is 0 Å². The van der Waals surface area contributed by atoms with Crippen LogP contribution in [0.2, 0.25) is 0 Å². The molecule has 0 saturated carbocycles. The number of aryl methyl sites for hydroxylation is 1. The lowest BCUT2D eigenvalue weighted by Crippen LogP contribution is -2.30. The Morgan fingerprint density at radius 3 is 2.50 bits per heavy atom. The smallest absolute Gasteiger partial charge is 0.306 e. The van der Waals surface area contributed by atoms with Gasteiger partial charge in [-0.15, -0.1) is 0 Å². The van der Waals surface area contributed by atoms with Gasteiger partial charge in [0.25, 0.3) is 5.91 Å². The van der Waals surface area contributed by atoms with E-state index in [2.05, 4.69) is 5.32 Å². The Morgan fingerprint density at radius 2 is 1.79 bits per heavy atom. The third kappa shape index (κ3) is 4.88. The Labute approximate surface area is 162 Å². The average molecular weight is 383 g/mol. The summed E-state index contributed by atoms with van der Waals surface area (Å²) < 4.78 is 15.8. The van der Waals surface area contributed by atoms with E-state index in [0.717, 1.165) is 5.56 Å². The minimum Gasteiger partial charge on any atom is -0.454 e. The fraction of sp³-hybridized carbons (Fsp3) is 0.286. The highest BCUT2D eigenvalue weighted by atomic mass is 16.7. The van der Waals surface area contributed by atoms with Crippen molar-refractivity contribution in [3.05, 3.63) is 53.6 Å². The van der Waals surface area contributed by atoms with Gasteiger partial charge in [-0.1, -0.05) is 6.07 Å². The highest BCUT2D eigenvalue weighted by molar-refractivity contribution is 5.97. The summed E-state index contributed by atoms with van der Waals surface area (Å²) in [5, 5.41) is 2.66. The minimum atomic E-state index is -0.934. The monoisotopic (exact) mass is 383 g/mol. The molecule has 0 fully saturated rings. The third-order valence-electron chi connectivity index (χ3n) is 4.29. The summed E-state index contributed by atoms with van der Waals surface area (Å²) in [6.45, 7) is 3.18. The second-order valence-electron chi connectivity index (χ2n) is 6.44. The Hall–Kier alpha value is -3.35. The number of fused-ring (bicyclic) bond motifs is 1. The van der Waals surface area contributed by atoms with Crippen LogP contribution in [0.5, 0.6) is 11.5 Å². The zero-order chi connectivity index (χ0) is 20.1. The number of hydrogen-bond donors (Lipinski definition) is 1. The van der Waals surface area contributed by atoms with Gasteiger partial charge < -0.3 is 19.5 Å². The second-order valence-corrected chi connectivity index (χ2v) is 6.44. The van der Waals surface area contributed by atoms with E-state index >= 15 is 0 Å². The molecule has 1 unspecified atom stereocenters. The molecule has 0 bridgehead atoms. The molecular weight excluding hydrogens is 362 g/mol. The van der Waals surface area contributed by atoms with Crippen LogP contribution in [0, 0.1) is 0 Å². The lowest BCUT2D eigenvalue weighted by molar-refractivity contribution is -0.153. The van der Waals surface area contributed by atoms with Gasteiger partial charge in [0.2, 0.25) is 6.79 Å². The van der Waals surface area contributed by atoms with Crippen LogP contribution < -0.4 is 14.8 Å². The first-order valence-corrected chi connectivity index (χ1v) is 8.92. The van der Waals surface area contributed by atoms with E-state index in [1.165, 1.54) is 13.8 Å². The summed E-state index contributed by atoms with van der Waals surface area (Å²) in [5.41, 5.74) is 2.00. The molecular formula is C21H21NO6. The summed E-state index contributed by atoms with van der Waals surface area (Å²) in [7, 11) is 0. The van der Waals surface area contributed by atoms with E-state index in [-0.39, 0.29) is 19.0 Å². The molecule has 2 aromatic carbocycles. The number of amides is 1. The molecule has 0 spiro atoms. The van der Waals surface area contributed by atoms with Crippen molar-refractivity contribution in [1.29, 1.82) is 0 Å². The summed E-state index contributed by atoms with van der Waals surface area (Å²) >= 11 is 0. The van der Waals surface area contributed by atoms with Crippen LogP contribution in [-0.4, -0.2) is 30.6 Å². The molecule has 2 aromatic rings. The molecule has 1 aliphatic rings. The predicted molar refractivity (Wildman–Crippen MR) is 102 cm³/mol. The number of anilines is 1. The van der Waals surface area contributed by atoms with E-state index in [4.69, 9.17) is 14.2 Å². The summed E-state index contributed by atoms with van der Waals surface area (Å²) in [4.78, 5) is 35.5. The van der Waals surface area contributed by atoms with Crippen molar-refractivity contribution < 1.29 is 28.6 Å². The SMILES string of the molecule is CC(=O)c1ccc(NC(=O)C(C)OC(=O)CCc2ccc3c(c2)OCO3)cc1. The number of esters is 1. The normalized spacial score (nSPS) is 12.9. The molecule has 146 valence electrons. The molecule has 1 N–H and O–H groups in total. The van der Waals surface area contributed by atoms with E-state index < -0.39 is 18.0 Å². The second kappa shape index (κ2) is 8.56. The first kappa shape index (κ1) is 19.4. The van der Waals surface area contributed by atoms with E-state index in [0.29, 0.717) is 29.2 Å². The van der Waals surface area contributed by atoms with Crippen LogP contribution in [0.25, 0.3) is 0 Å². The van der Waals surface area contributed by atoms with Crippen molar-refractivity contribution in [2.45, 2.75) is 32.8 Å². The Bertz CT molecular complexity index is 890. The van der Waals surface area contributed by atoms with Crippen LogP contribution in [0.3, 0.4) is 0 Å². The molecule has 1 amide bonds. The van der Waals surface area contributed by atoms with Gasteiger partial charge in [0.1, 0.15) is 0 Å². The van der Waals surface area contributed by atoms with Gasteiger partial charge in [-0.3, -0.25) is 14.4 Å². The van der Waals surface area contributed by atoms with Gasteiger partial charge in [-0.25, -0.2) is 0 Å². The molecule has 0 aliphatic carbocycles. The fourth-order valence-electron chi connectivity index (χ4n) is 2.68. The number of Topliss-reactive ketones (excluding diaryl/α,β-unsaturated/α-hetero) is 1. The number of carbonyl (C=O) groups excluding carboxylic acids is 3. The van der Waals surface area contributed by atoms with Gasteiger partial charge in [0, 0.05) is 17.7 Å². The van der Waals surface area contributed by atoms with Crippen molar-refractivity contribution >= 4 is 23.3 Å². The van der Waals surface area contributed by atoms with E-state index in [9.17, 15) is 14.4 Å². The highest BCUT2D eigenvalue weighted by Gasteiger charge is 2.19. The molecule has 1 atom stereocenters. The molecule has 0 radical (unpaired) electrons. The molecule has 3 rings (SSSR count). The number of carbonyl (C=O) groups is 3. The maximum Gasteiger partial charge on any atom is 0.306 e. The number of benzene rings is 2. The van der Waals surface area contributed by atoms with Gasteiger partial charge in [-0.05, 0) is 62.2 Å². The lowest BCUT2D eigenvalue weighted by atomic mass is 10.1. The summed E-state index contributed by atoms with van der Waals surface area (Å²) in [5.74, 6) is 0.393. The van der Waals surface area contributed by atoms with Crippen LogP contribution >= 0.6 is 0 Å². The molecule has 28 heavy (non-hydrogen) atoms. The van der Waals surface area contributed by atoms with Gasteiger partial charge in [0.15, 0.2) is 23.4 Å². The van der Waals surface area contributed by atoms with Crippen LogP contribution in [0.4, 0.5) is 5.69 Å². The number of hydrogen-bond acceptors (Lipinski definition) is 6. The molecule has 1 aliphatic heterocycles. The molecule has 7 nitrogen and oxygen atoms in total. The summed E-state index contributed by atoms with van der Waals surface area (Å²) in [6, 6.07) is 12.0. The largest absolute Gasteiger partial charge is 0.454 e. The van der Waals surface area contributed by atoms with Crippen LogP contribution in [0.15, 0.2) is 42.5 Å². The topological polar surface area (TPSA) is 90.9 Å². The zero-order valence-electron chi connectivity index (χ0n) is 15.7.